The largest absolute Gasteiger partial charge is 0.431 e. The van der Waals surface area contributed by atoms with E-state index in [9.17, 15) is 8.78 Å². The van der Waals surface area contributed by atoms with Crippen molar-refractivity contribution in [3.8, 4) is 5.75 Å². The third kappa shape index (κ3) is 1.67. The Bertz CT molecular complexity index is 163. The fraction of sp³-hybridized carbons (Fsp3) is 0.250. The SMILES string of the molecule is FC(F)Oc1cn[nH]c1. The summed E-state index contributed by atoms with van der Waals surface area (Å²) in [6.07, 6.45) is 2.42. The van der Waals surface area contributed by atoms with Gasteiger partial charge in [-0.3, -0.25) is 5.10 Å². The second kappa shape index (κ2) is 2.43. The third-order valence-corrected chi connectivity index (χ3v) is 0.698. The van der Waals surface area contributed by atoms with E-state index in [2.05, 4.69) is 14.9 Å². The van der Waals surface area contributed by atoms with E-state index in [1.807, 2.05) is 0 Å². The van der Waals surface area contributed by atoms with Gasteiger partial charge in [0.2, 0.25) is 0 Å². The molecule has 9 heavy (non-hydrogen) atoms. The van der Waals surface area contributed by atoms with Gasteiger partial charge >= 0.3 is 6.61 Å². The summed E-state index contributed by atoms with van der Waals surface area (Å²) in [6, 6.07) is 0. The van der Waals surface area contributed by atoms with E-state index in [0.29, 0.717) is 0 Å². The van der Waals surface area contributed by atoms with Crippen LogP contribution in [0.3, 0.4) is 0 Å². The molecule has 1 rings (SSSR count). The van der Waals surface area contributed by atoms with Crippen molar-refractivity contribution in [2.75, 3.05) is 0 Å². The molecule has 1 aromatic heterocycles. The van der Waals surface area contributed by atoms with E-state index in [0.717, 1.165) is 0 Å². The van der Waals surface area contributed by atoms with Gasteiger partial charge in [0, 0.05) is 0 Å². The number of halogens is 2. The zero-order valence-corrected chi connectivity index (χ0v) is 4.34. The number of H-pyrrole nitrogens is 1. The predicted molar refractivity (Wildman–Crippen MR) is 25.2 cm³/mol. The van der Waals surface area contributed by atoms with E-state index in [-0.39, 0.29) is 5.75 Å². The minimum atomic E-state index is -2.78. The number of rotatable bonds is 2. The molecular formula is C4H4F2N2O. The Morgan fingerprint density at radius 3 is 2.89 bits per heavy atom. The Kier molecular flexibility index (Phi) is 1.62. The van der Waals surface area contributed by atoms with Crippen LogP contribution in [0.15, 0.2) is 12.4 Å². The van der Waals surface area contributed by atoms with Crippen molar-refractivity contribution in [1.82, 2.24) is 10.2 Å². The third-order valence-electron chi connectivity index (χ3n) is 0.698. The first kappa shape index (κ1) is 6.00. The number of nitrogens with zero attached hydrogens (tertiary/aromatic N) is 1. The van der Waals surface area contributed by atoms with Crippen LogP contribution >= 0.6 is 0 Å². The van der Waals surface area contributed by atoms with Gasteiger partial charge in [0.1, 0.15) is 0 Å². The lowest BCUT2D eigenvalue weighted by molar-refractivity contribution is -0.0498. The van der Waals surface area contributed by atoms with Crippen molar-refractivity contribution in [2.24, 2.45) is 0 Å². The zero-order chi connectivity index (χ0) is 6.69. The standard InChI is InChI=1S/C4H4F2N2O/c5-4(6)9-3-1-7-8-2-3/h1-2,4H,(H,7,8). The van der Waals surface area contributed by atoms with Crippen LogP contribution < -0.4 is 4.74 Å². The van der Waals surface area contributed by atoms with E-state index < -0.39 is 6.61 Å². The van der Waals surface area contributed by atoms with Crippen molar-refractivity contribution in [1.29, 1.82) is 0 Å². The van der Waals surface area contributed by atoms with Crippen molar-refractivity contribution in [3.63, 3.8) is 0 Å². The highest BCUT2D eigenvalue weighted by Gasteiger charge is 2.02. The van der Waals surface area contributed by atoms with Crippen LogP contribution in [0.25, 0.3) is 0 Å². The second-order valence-corrected chi connectivity index (χ2v) is 1.31. The smallest absolute Gasteiger partial charge is 0.387 e. The quantitative estimate of drug-likeness (QED) is 0.655. The van der Waals surface area contributed by atoms with Gasteiger partial charge in [-0.1, -0.05) is 0 Å². The van der Waals surface area contributed by atoms with Gasteiger partial charge in [-0.15, -0.1) is 0 Å². The molecule has 0 amide bonds. The summed E-state index contributed by atoms with van der Waals surface area (Å²) in [6.45, 7) is -2.78. The van der Waals surface area contributed by atoms with E-state index in [4.69, 9.17) is 0 Å². The number of aromatic amines is 1. The second-order valence-electron chi connectivity index (χ2n) is 1.31. The number of alkyl halides is 2. The Morgan fingerprint density at radius 2 is 2.44 bits per heavy atom. The van der Waals surface area contributed by atoms with Crippen LogP contribution in [0.1, 0.15) is 0 Å². The van der Waals surface area contributed by atoms with E-state index in [1.165, 1.54) is 12.4 Å². The average molecular weight is 134 g/mol. The van der Waals surface area contributed by atoms with Gasteiger partial charge in [0.05, 0.1) is 12.4 Å². The lowest BCUT2D eigenvalue weighted by Gasteiger charge is -1.96. The van der Waals surface area contributed by atoms with Gasteiger partial charge in [-0.25, -0.2) is 0 Å². The van der Waals surface area contributed by atoms with Gasteiger partial charge in [0.15, 0.2) is 5.75 Å². The first-order valence-electron chi connectivity index (χ1n) is 2.22. The minimum Gasteiger partial charge on any atom is -0.431 e. The van der Waals surface area contributed by atoms with Gasteiger partial charge in [-0.05, 0) is 0 Å². The van der Waals surface area contributed by atoms with Crippen LogP contribution in [0.5, 0.6) is 5.75 Å². The molecule has 0 aliphatic heterocycles. The summed E-state index contributed by atoms with van der Waals surface area (Å²) in [5.74, 6) is 0.0463. The maximum atomic E-state index is 11.3. The monoisotopic (exact) mass is 134 g/mol. The summed E-state index contributed by atoms with van der Waals surface area (Å²) in [4.78, 5) is 0. The molecular weight excluding hydrogens is 130 g/mol. The maximum Gasteiger partial charge on any atom is 0.387 e. The Hall–Kier alpha value is -1.13. The molecule has 0 spiro atoms. The number of hydrogen-bond donors (Lipinski definition) is 1. The number of aromatic nitrogens is 2. The molecule has 0 saturated carbocycles. The highest BCUT2D eigenvalue weighted by molar-refractivity contribution is 5.09. The van der Waals surface area contributed by atoms with Gasteiger partial charge in [-0.2, -0.15) is 13.9 Å². The van der Waals surface area contributed by atoms with Crippen molar-refractivity contribution < 1.29 is 13.5 Å². The van der Waals surface area contributed by atoms with Crippen LogP contribution in [0.4, 0.5) is 8.78 Å². The highest BCUT2D eigenvalue weighted by atomic mass is 19.3. The predicted octanol–water partition coefficient (Wildman–Crippen LogP) is 1.01. The lowest BCUT2D eigenvalue weighted by atomic mass is 10.7. The summed E-state index contributed by atoms with van der Waals surface area (Å²) >= 11 is 0. The molecule has 0 atom stereocenters. The summed E-state index contributed by atoms with van der Waals surface area (Å²) in [5.41, 5.74) is 0. The van der Waals surface area contributed by atoms with E-state index in [1.54, 1.807) is 0 Å². The molecule has 3 nitrogen and oxygen atoms in total. The molecule has 0 radical (unpaired) electrons. The Morgan fingerprint density at radius 1 is 1.67 bits per heavy atom. The fourth-order valence-electron chi connectivity index (χ4n) is 0.406. The highest BCUT2D eigenvalue weighted by Crippen LogP contribution is 2.08. The molecule has 5 heteroatoms. The van der Waals surface area contributed by atoms with Gasteiger partial charge < -0.3 is 4.74 Å². The van der Waals surface area contributed by atoms with Gasteiger partial charge in [0.25, 0.3) is 0 Å². The Labute approximate surface area is 49.6 Å². The molecule has 0 aromatic carbocycles. The minimum absolute atomic E-state index is 0.0463. The van der Waals surface area contributed by atoms with Crippen molar-refractivity contribution in [3.05, 3.63) is 12.4 Å². The average Bonchev–Trinajstić information content (AvgIpc) is 2.15. The lowest BCUT2D eigenvalue weighted by Crippen LogP contribution is -2.00. The molecule has 1 heterocycles. The normalized spacial score (nSPS) is 10.1. The topological polar surface area (TPSA) is 37.9 Å². The van der Waals surface area contributed by atoms with Crippen molar-refractivity contribution >= 4 is 0 Å². The summed E-state index contributed by atoms with van der Waals surface area (Å²) in [5, 5.41) is 5.72. The zero-order valence-electron chi connectivity index (χ0n) is 4.34. The number of hydrogen-bond acceptors (Lipinski definition) is 2. The van der Waals surface area contributed by atoms with Crippen molar-refractivity contribution in [2.45, 2.75) is 6.61 Å². The summed E-state index contributed by atoms with van der Waals surface area (Å²) < 4.78 is 26.6. The molecule has 1 aromatic rings. The van der Waals surface area contributed by atoms with Crippen LogP contribution in [-0.4, -0.2) is 16.8 Å². The maximum absolute atomic E-state index is 11.3. The van der Waals surface area contributed by atoms with Crippen LogP contribution in [0, 0.1) is 0 Å². The van der Waals surface area contributed by atoms with Crippen LogP contribution in [-0.2, 0) is 0 Å². The van der Waals surface area contributed by atoms with Crippen LogP contribution in [0.2, 0.25) is 0 Å². The molecule has 0 aliphatic rings. The molecule has 0 bridgehead atoms. The summed E-state index contributed by atoms with van der Waals surface area (Å²) in [7, 11) is 0. The molecule has 1 N–H and O–H groups in total. The molecule has 0 fully saturated rings. The molecule has 0 saturated heterocycles. The first-order valence-corrected chi connectivity index (χ1v) is 2.22. The fourth-order valence-corrected chi connectivity index (χ4v) is 0.406. The molecule has 0 unspecified atom stereocenters. The number of ether oxygens (including phenoxy) is 1. The molecule has 50 valence electrons. The Balaban J connectivity index is 2.48. The number of nitrogens with one attached hydrogen (secondary N) is 1. The first-order chi connectivity index (χ1) is 4.29. The van der Waals surface area contributed by atoms with E-state index >= 15 is 0 Å². The molecule has 0 aliphatic carbocycles.